The Morgan fingerprint density at radius 2 is 2.33 bits per heavy atom. The monoisotopic (exact) mass is 368 g/mol. The topological polar surface area (TPSA) is 93.0 Å². The number of methoxy groups -OCH3 is 1. The van der Waals surface area contributed by atoms with E-state index in [0.717, 1.165) is 36.3 Å². The zero-order valence-corrected chi connectivity index (χ0v) is 16.2. The number of aromatic amines is 1. The molecule has 1 aliphatic carbocycles. The summed E-state index contributed by atoms with van der Waals surface area (Å²) >= 11 is 0. The van der Waals surface area contributed by atoms with Gasteiger partial charge < -0.3 is 20.8 Å². The number of aromatic nitrogens is 2. The van der Waals surface area contributed by atoms with E-state index in [1.165, 1.54) is 5.57 Å². The molecule has 2 aromatic rings. The molecule has 0 spiro atoms. The summed E-state index contributed by atoms with van der Waals surface area (Å²) in [6.07, 6.45) is 7.07. The smallest absolute Gasteiger partial charge is 0.248 e. The van der Waals surface area contributed by atoms with Crippen LogP contribution in [0.5, 0.6) is 0 Å². The largest absolute Gasteiger partial charge is 0.385 e. The number of aryl methyl sites for hydroxylation is 1. The van der Waals surface area contributed by atoms with Crippen molar-refractivity contribution < 1.29 is 9.53 Å². The lowest BCUT2D eigenvalue weighted by atomic mass is 9.69. The van der Waals surface area contributed by atoms with Gasteiger partial charge in [-0.3, -0.25) is 4.79 Å². The Morgan fingerprint density at radius 1 is 1.52 bits per heavy atom. The van der Waals surface area contributed by atoms with Crippen LogP contribution < -0.4 is 11.1 Å². The van der Waals surface area contributed by atoms with Crippen LogP contribution in [0.1, 0.15) is 53.6 Å². The van der Waals surface area contributed by atoms with Crippen LogP contribution in [0.3, 0.4) is 0 Å². The first-order valence-electron chi connectivity index (χ1n) is 9.36. The summed E-state index contributed by atoms with van der Waals surface area (Å²) in [6, 6.07) is 7.49. The number of primary amides is 1. The molecule has 27 heavy (non-hydrogen) atoms. The molecule has 2 unspecified atom stereocenters. The Labute approximate surface area is 160 Å². The number of benzene rings is 1. The van der Waals surface area contributed by atoms with Gasteiger partial charge in [0.2, 0.25) is 5.91 Å². The predicted octanol–water partition coefficient (Wildman–Crippen LogP) is 3.15. The lowest BCUT2D eigenvalue weighted by Crippen LogP contribution is -2.41. The Balaban J connectivity index is 1.94. The number of ether oxygens (including phenoxy) is 1. The summed E-state index contributed by atoms with van der Waals surface area (Å²) in [4.78, 5) is 19.2. The average Bonchev–Trinajstić information content (AvgIpc) is 3.07. The van der Waals surface area contributed by atoms with Crippen LogP contribution in [0.2, 0.25) is 0 Å². The van der Waals surface area contributed by atoms with E-state index in [0.29, 0.717) is 12.1 Å². The quantitative estimate of drug-likeness (QED) is 0.730. The Bertz CT molecular complexity index is 842. The van der Waals surface area contributed by atoms with Gasteiger partial charge in [0.05, 0.1) is 12.2 Å². The molecular weight excluding hydrogens is 340 g/mol. The minimum absolute atomic E-state index is 0.278. The normalized spacial score (nSPS) is 24.1. The van der Waals surface area contributed by atoms with Gasteiger partial charge in [-0.25, -0.2) is 4.98 Å². The van der Waals surface area contributed by atoms with Gasteiger partial charge in [0.15, 0.2) is 0 Å². The molecule has 1 heterocycles. The van der Waals surface area contributed by atoms with E-state index >= 15 is 0 Å². The molecule has 0 bridgehead atoms. The zero-order valence-electron chi connectivity index (χ0n) is 16.2. The number of carbonyl (C=O) groups is 1. The second kappa shape index (κ2) is 7.96. The van der Waals surface area contributed by atoms with Crippen LogP contribution in [-0.2, 0) is 16.9 Å². The lowest BCUT2D eigenvalue weighted by molar-refractivity contribution is -0.0434. The van der Waals surface area contributed by atoms with Crippen molar-refractivity contribution >= 4 is 5.91 Å². The van der Waals surface area contributed by atoms with Crippen LogP contribution in [0.15, 0.2) is 42.2 Å². The van der Waals surface area contributed by atoms with Gasteiger partial charge >= 0.3 is 0 Å². The first-order chi connectivity index (χ1) is 13.0. The Kier molecular flexibility index (Phi) is 5.65. The highest BCUT2D eigenvalue weighted by atomic mass is 16.5. The van der Waals surface area contributed by atoms with Crippen LogP contribution in [-0.4, -0.2) is 23.0 Å². The molecule has 0 saturated heterocycles. The van der Waals surface area contributed by atoms with Crippen LogP contribution >= 0.6 is 0 Å². The maximum absolute atomic E-state index is 11.7. The van der Waals surface area contributed by atoms with Gasteiger partial charge in [0, 0.05) is 18.9 Å². The van der Waals surface area contributed by atoms with E-state index in [1.807, 2.05) is 31.3 Å². The number of imidazole rings is 1. The van der Waals surface area contributed by atoms with E-state index in [2.05, 4.69) is 28.4 Å². The third-order valence-corrected chi connectivity index (χ3v) is 5.47. The van der Waals surface area contributed by atoms with Crippen LogP contribution in [0.4, 0.5) is 0 Å². The van der Waals surface area contributed by atoms with E-state index in [-0.39, 0.29) is 5.92 Å². The molecule has 1 aromatic carbocycles. The van der Waals surface area contributed by atoms with Gasteiger partial charge in [0.25, 0.3) is 0 Å². The Hall–Kier alpha value is -2.60. The molecule has 1 fully saturated rings. The number of nitrogens with one attached hydrogen (secondary N) is 2. The first kappa shape index (κ1) is 19.2. The number of H-pyrrole nitrogens is 1. The Morgan fingerprint density at radius 3 is 3.00 bits per heavy atom. The molecular formula is C21H28N4O2. The van der Waals surface area contributed by atoms with Crippen molar-refractivity contribution in [3.8, 4) is 0 Å². The van der Waals surface area contributed by atoms with E-state index in [1.54, 1.807) is 13.2 Å². The van der Waals surface area contributed by atoms with E-state index in [4.69, 9.17) is 10.5 Å². The molecule has 0 radical (unpaired) electrons. The maximum atomic E-state index is 11.7. The lowest BCUT2D eigenvalue weighted by Gasteiger charge is -2.44. The van der Waals surface area contributed by atoms with Crippen molar-refractivity contribution in [2.24, 2.45) is 11.7 Å². The van der Waals surface area contributed by atoms with Gasteiger partial charge in [-0.15, -0.1) is 0 Å². The summed E-state index contributed by atoms with van der Waals surface area (Å²) in [6.45, 7) is 4.78. The second-order valence-electron chi connectivity index (χ2n) is 7.21. The molecule has 6 nitrogen and oxygen atoms in total. The van der Waals surface area contributed by atoms with Crippen molar-refractivity contribution in [1.82, 2.24) is 15.3 Å². The fourth-order valence-electron chi connectivity index (χ4n) is 4.14. The molecule has 1 aliphatic rings. The molecule has 144 valence electrons. The van der Waals surface area contributed by atoms with Crippen molar-refractivity contribution in [2.75, 3.05) is 7.11 Å². The highest BCUT2D eigenvalue weighted by Crippen LogP contribution is 2.47. The fourth-order valence-corrected chi connectivity index (χ4v) is 4.14. The number of hydrogen-bond donors (Lipinski definition) is 3. The molecule has 1 aromatic heterocycles. The van der Waals surface area contributed by atoms with Gasteiger partial charge in [-0.1, -0.05) is 19.1 Å². The summed E-state index contributed by atoms with van der Waals surface area (Å²) < 4.78 is 6.15. The van der Waals surface area contributed by atoms with Crippen molar-refractivity contribution in [3.05, 3.63) is 64.9 Å². The third-order valence-electron chi connectivity index (χ3n) is 5.47. The predicted molar refractivity (Wildman–Crippen MR) is 105 cm³/mol. The third kappa shape index (κ3) is 3.76. The van der Waals surface area contributed by atoms with Crippen LogP contribution in [0.25, 0.3) is 0 Å². The number of nitrogens with two attached hydrogens (primary N) is 1. The fraction of sp³-hybridized carbons (Fsp3) is 0.429. The molecule has 6 heteroatoms. The second-order valence-corrected chi connectivity index (χ2v) is 7.21. The molecule has 1 saturated carbocycles. The highest BCUT2D eigenvalue weighted by molar-refractivity contribution is 5.93. The van der Waals surface area contributed by atoms with Gasteiger partial charge in [-0.2, -0.15) is 0 Å². The van der Waals surface area contributed by atoms with Gasteiger partial charge in [-0.05, 0) is 61.6 Å². The van der Waals surface area contributed by atoms with Crippen LogP contribution in [0, 0.1) is 12.8 Å². The molecule has 1 amide bonds. The van der Waals surface area contributed by atoms with E-state index < -0.39 is 11.5 Å². The minimum Gasteiger partial charge on any atom is -0.385 e. The maximum Gasteiger partial charge on any atom is 0.248 e. The number of carbonyl (C=O) groups excluding carboxylic acids is 1. The molecule has 4 N–H and O–H groups in total. The number of rotatable bonds is 6. The number of hydrogen-bond acceptors (Lipinski definition) is 4. The standard InChI is InChI=1S/C21H28N4O2/c1-14-6-4-9-18(11-23-12-19-13-24-15(2)25-19)21(14,27-3)17-8-5-7-16(10-17)20(22)26/h5,7-8,10-11,13-14,23H,4,6,9,12H2,1-3H3,(H2,22,26)(H,24,25)/b18-11-. The summed E-state index contributed by atoms with van der Waals surface area (Å²) in [5, 5.41) is 3.39. The first-order valence-corrected chi connectivity index (χ1v) is 9.36. The summed E-state index contributed by atoms with van der Waals surface area (Å²) in [7, 11) is 1.74. The van der Waals surface area contributed by atoms with Crippen molar-refractivity contribution in [3.63, 3.8) is 0 Å². The molecule has 3 rings (SSSR count). The highest BCUT2D eigenvalue weighted by Gasteiger charge is 2.44. The average molecular weight is 368 g/mol. The van der Waals surface area contributed by atoms with E-state index in [9.17, 15) is 4.79 Å². The van der Waals surface area contributed by atoms with Gasteiger partial charge in [0.1, 0.15) is 11.4 Å². The molecule has 0 aliphatic heterocycles. The number of amides is 1. The SMILES string of the molecule is COC1(c2cccc(C(N)=O)c2)/C(=C\NCc2c[nH]c(C)n2)CCCC1C. The zero-order chi connectivity index (χ0) is 19.4. The molecule has 2 atom stereocenters. The number of nitrogens with zero attached hydrogens (tertiary/aromatic N) is 1. The van der Waals surface area contributed by atoms with Crippen molar-refractivity contribution in [2.45, 2.75) is 45.3 Å². The summed E-state index contributed by atoms with van der Waals surface area (Å²) in [5.41, 5.74) is 8.54. The van der Waals surface area contributed by atoms with Crippen molar-refractivity contribution in [1.29, 1.82) is 0 Å². The summed E-state index contributed by atoms with van der Waals surface area (Å²) in [5.74, 6) is 0.754. The minimum atomic E-state index is -0.571.